The van der Waals surface area contributed by atoms with Crippen LogP contribution in [0.3, 0.4) is 0 Å². The van der Waals surface area contributed by atoms with Crippen molar-refractivity contribution < 1.29 is 14.7 Å². The molecule has 0 bridgehead atoms. The molecular formula is C17H18N4O4S. The SMILES string of the molecule is N[C@@H]1C(=O)N2C(C(=O)O)=C(/C(=C3\CCNC3)c3cc[nH]c(=O)c3)CS[C@H]12. The maximum Gasteiger partial charge on any atom is 0.352 e. The number of carboxylic acids is 1. The third-order valence-electron chi connectivity index (χ3n) is 4.87. The lowest BCUT2D eigenvalue weighted by atomic mass is 9.90. The highest BCUT2D eigenvalue weighted by molar-refractivity contribution is 8.00. The first kappa shape index (κ1) is 17.1. The number of rotatable bonds is 3. The van der Waals surface area contributed by atoms with Gasteiger partial charge in [-0.3, -0.25) is 14.5 Å². The molecule has 0 saturated carbocycles. The Morgan fingerprint density at radius 1 is 1.38 bits per heavy atom. The zero-order chi connectivity index (χ0) is 18.4. The molecule has 0 spiro atoms. The average Bonchev–Trinajstić information content (AvgIpc) is 3.15. The maximum atomic E-state index is 12.2. The van der Waals surface area contributed by atoms with E-state index in [-0.39, 0.29) is 22.5 Å². The molecule has 2 fully saturated rings. The van der Waals surface area contributed by atoms with Gasteiger partial charge < -0.3 is 21.1 Å². The minimum atomic E-state index is -1.15. The topological polar surface area (TPSA) is 129 Å². The molecule has 1 aromatic rings. The average molecular weight is 374 g/mol. The van der Waals surface area contributed by atoms with Crippen LogP contribution >= 0.6 is 11.8 Å². The number of hydrogen-bond donors (Lipinski definition) is 4. The van der Waals surface area contributed by atoms with E-state index < -0.39 is 12.0 Å². The molecule has 2 atom stereocenters. The highest BCUT2D eigenvalue weighted by Crippen LogP contribution is 2.44. The number of thioether (sulfide) groups is 1. The van der Waals surface area contributed by atoms with Crippen molar-refractivity contribution in [3.8, 4) is 0 Å². The lowest BCUT2D eigenvalue weighted by Crippen LogP contribution is -2.68. The molecule has 9 heteroatoms. The zero-order valence-electron chi connectivity index (χ0n) is 13.8. The summed E-state index contributed by atoms with van der Waals surface area (Å²) in [6, 6.07) is 2.56. The summed E-state index contributed by atoms with van der Waals surface area (Å²) < 4.78 is 0. The highest BCUT2D eigenvalue weighted by Gasteiger charge is 2.52. The molecule has 2 saturated heterocycles. The van der Waals surface area contributed by atoms with E-state index in [1.54, 1.807) is 12.3 Å². The fourth-order valence-electron chi connectivity index (χ4n) is 3.68. The number of hydrogen-bond acceptors (Lipinski definition) is 6. The number of aromatic amines is 1. The number of carbonyl (C=O) groups excluding carboxylic acids is 1. The maximum absolute atomic E-state index is 12.2. The largest absolute Gasteiger partial charge is 0.477 e. The fraction of sp³-hybridized carbons (Fsp3) is 0.353. The Balaban J connectivity index is 1.92. The molecule has 4 rings (SSSR count). The molecule has 0 unspecified atom stereocenters. The molecule has 0 radical (unpaired) electrons. The highest BCUT2D eigenvalue weighted by atomic mass is 32.2. The Morgan fingerprint density at radius 2 is 2.19 bits per heavy atom. The molecule has 3 aliphatic rings. The quantitative estimate of drug-likeness (QED) is 0.535. The van der Waals surface area contributed by atoms with Crippen molar-refractivity contribution >= 4 is 29.2 Å². The number of nitrogens with zero attached hydrogens (tertiary/aromatic N) is 1. The number of amides is 1. The van der Waals surface area contributed by atoms with Crippen LogP contribution in [0.2, 0.25) is 0 Å². The summed E-state index contributed by atoms with van der Waals surface area (Å²) in [5, 5.41) is 12.7. The number of aromatic nitrogens is 1. The van der Waals surface area contributed by atoms with Gasteiger partial charge in [0.2, 0.25) is 11.5 Å². The lowest BCUT2D eigenvalue weighted by Gasteiger charge is -2.48. The number of H-pyrrole nitrogens is 1. The van der Waals surface area contributed by atoms with Gasteiger partial charge in [0, 0.05) is 30.1 Å². The van der Waals surface area contributed by atoms with Crippen molar-refractivity contribution in [3.63, 3.8) is 0 Å². The van der Waals surface area contributed by atoms with Gasteiger partial charge in [0.1, 0.15) is 17.1 Å². The number of aliphatic carboxylic acids is 1. The Kier molecular flexibility index (Phi) is 4.22. The lowest BCUT2D eigenvalue weighted by molar-refractivity contribution is -0.147. The minimum Gasteiger partial charge on any atom is -0.477 e. The zero-order valence-corrected chi connectivity index (χ0v) is 14.6. The summed E-state index contributed by atoms with van der Waals surface area (Å²) in [5.41, 5.74) is 8.57. The van der Waals surface area contributed by atoms with Crippen molar-refractivity contribution in [2.24, 2.45) is 5.73 Å². The van der Waals surface area contributed by atoms with Crippen molar-refractivity contribution in [3.05, 3.63) is 51.1 Å². The Hall–Kier alpha value is -2.36. The van der Waals surface area contributed by atoms with Gasteiger partial charge >= 0.3 is 5.97 Å². The van der Waals surface area contributed by atoms with Crippen molar-refractivity contribution in [1.29, 1.82) is 0 Å². The Bertz CT molecular complexity index is 911. The predicted octanol–water partition coefficient (Wildman–Crippen LogP) is -0.297. The normalized spacial score (nSPS) is 27.3. The molecule has 1 aromatic heterocycles. The van der Waals surface area contributed by atoms with Gasteiger partial charge in [0.05, 0.1) is 0 Å². The molecule has 0 aromatic carbocycles. The second-order valence-electron chi connectivity index (χ2n) is 6.41. The van der Waals surface area contributed by atoms with Crippen LogP contribution in [0.1, 0.15) is 12.0 Å². The van der Waals surface area contributed by atoms with Gasteiger partial charge in [0.15, 0.2) is 0 Å². The molecule has 4 heterocycles. The fourth-order valence-corrected chi connectivity index (χ4v) is 4.98. The van der Waals surface area contributed by atoms with E-state index in [4.69, 9.17) is 5.73 Å². The standard InChI is InChI=1S/C17H18N4O4S/c18-13-15(23)21-14(17(24)25)10(7-26-16(13)21)12(9-1-3-19-6-9)8-2-4-20-11(22)5-8/h2,4-5,13,16,19H,1,3,6-7,18H2,(H,20,22)(H,24,25)/b12-9+/t13-,16-/m1/s1. The van der Waals surface area contributed by atoms with E-state index in [9.17, 15) is 19.5 Å². The second kappa shape index (κ2) is 6.42. The smallest absolute Gasteiger partial charge is 0.352 e. The number of allylic oxidation sites excluding steroid dienone is 1. The summed E-state index contributed by atoms with van der Waals surface area (Å²) in [4.78, 5) is 39.9. The van der Waals surface area contributed by atoms with Crippen LogP contribution in [0.25, 0.3) is 5.57 Å². The van der Waals surface area contributed by atoms with Gasteiger partial charge in [-0.25, -0.2) is 4.79 Å². The number of fused-ring (bicyclic) bond motifs is 1. The number of carbonyl (C=O) groups is 2. The van der Waals surface area contributed by atoms with Crippen LogP contribution < -0.4 is 16.6 Å². The van der Waals surface area contributed by atoms with Crippen LogP contribution in [-0.2, 0) is 9.59 Å². The van der Waals surface area contributed by atoms with E-state index in [2.05, 4.69) is 10.3 Å². The predicted molar refractivity (Wildman–Crippen MR) is 97.2 cm³/mol. The number of β-lactam (4-membered cyclic amide) rings is 1. The first-order valence-corrected chi connectivity index (χ1v) is 9.33. The first-order chi connectivity index (χ1) is 12.5. The second-order valence-corrected chi connectivity index (χ2v) is 7.52. The number of carboxylic acid groups (broad SMARTS) is 1. The van der Waals surface area contributed by atoms with E-state index in [1.807, 2.05) is 0 Å². The summed E-state index contributed by atoms with van der Waals surface area (Å²) in [5.74, 6) is -1.11. The monoisotopic (exact) mass is 374 g/mol. The first-order valence-electron chi connectivity index (χ1n) is 8.28. The van der Waals surface area contributed by atoms with Gasteiger partial charge in [0.25, 0.3) is 0 Å². The number of nitrogens with one attached hydrogen (secondary N) is 2. The van der Waals surface area contributed by atoms with Gasteiger partial charge in [-0.15, -0.1) is 11.8 Å². The molecule has 0 aliphatic carbocycles. The van der Waals surface area contributed by atoms with E-state index >= 15 is 0 Å². The van der Waals surface area contributed by atoms with Crippen molar-refractivity contribution in [1.82, 2.24) is 15.2 Å². The van der Waals surface area contributed by atoms with Crippen LogP contribution in [0.4, 0.5) is 0 Å². The van der Waals surface area contributed by atoms with Crippen LogP contribution in [0.5, 0.6) is 0 Å². The number of pyridine rings is 1. The van der Waals surface area contributed by atoms with E-state index in [0.29, 0.717) is 23.4 Å². The Morgan fingerprint density at radius 3 is 2.85 bits per heavy atom. The van der Waals surface area contributed by atoms with Gasteiger partial charge in [-0.2, -0.15) is 0 Å². The van der Waals surface area contributed by atoms with Crippen molar-refractivity contribution in [2.45, 2.75) is 17.8 Å². The minimum absolute atomic E-state index is 0.0184. The molecule has 3 aliphatic heterocycles. The summed E-state index contributed by atoms with van der Waals surface area (Å²) in [6.45, 7) is 1.42. The molecule has 1 amide bonds. The Labute approximate surface area is 153 Å². The summed E-state index contributed by atoms with van der Waals surface area (Å²) in [7, 11) is 0. The van der Waals surface area contributed by atoms with E-state index in [0.717, 1.165) is 24.1 Å². The van der Waals surface area contributed by atoms with Crippen LogP contribution in [-0.4, -0.2) is 57.1 Å². The molecule has 26 heavy (non-hydrogen) atoms. The third kappa shape index (κ3) is 2.59. The third-order valence-corrected chi connectivity index (χ3v) is 6.17. The summed E-state index contributed by atoms with van der Waals surface area (Å²) in [6.07, 6.45) is 2.31. The molecular weight excluding hydrogens is 356 g/mol. The molecule has 8 nitrogen and oxygen atoms in total. The number of nitrogens with two attached hydrogens (primary N) is 1. The summed E-state index contributed by atoms with van der Waals surface area (Å²) >= 11 is 1.46. The van der Waals surface area contributed by atoms with Crippen molar-refractivity contribution in [2.75, 3.05) is 18.8 Å². The van der Waals surface area contributed by atoms with Gasteiger partial charge in [-0.1, -0.05) is 0 Å². The molecule has 5 N–H and O–H groups in total. The van der Waals surface area contributed by atoms with Crippen LogP contribution in [0.15, 0.2) is 40.0 Å². The molecule has 136 valence electrons. The van der Waals surface area contributed by atoms with E-state index in [1.165, 1.54) is 22.7 Å². The van der Waals surface area contributed by atoms with Crippen LogP contribution in [0, 0.1) is 0 Å². The van der Waals surface area contributed by atoms with Gasteiger partial charge in [-0.05, 0) is 35.7 Å².